The molecule has 1 aliphatic carbocycles. The van der Waals surface area contributed by atoms with Crippen LogP contribution in [-0.2, 0) is 11.0 Å². The Morgan fingerprint density at radius 1 is 1.09 bits per heavy atom. The highest BCUT2D eigenvalue weighted by Gasteiger charge is 2.31. The third kappa shape index (κ3) is 5.68. The maximum atomic E-state index is 13.0. The number of halogens is 3. The van der Waals surface area contributed by atoms with E-state index in [2.05, 4.69) is 20.6 Å². The lowest BCUT2D eigenvalue weighted by molar-refractivity contribution is -0.137. The van der Waals surface area contributed by atoms with Gasteiger partial charge in [-0.15, -0.1) is 0 Å². The molecule has 1 amide bonds. The second kappa shape index (κ2) is 10.0. The number of alkyl halides is 3. The van der Waals surface area contributed by atoms with Crippen LogP contribution >= 0.6 is 0 Å². The zero-order valence-electron chi connectivity index (χ0n) is 19.1. The predicted molar refractivity (Wildman–Crippen MR) is 128 cm³/mol. The summed E-state index contributed by atoms with van der Waals surface area (Å²) in [5, 5.41) is 5.57. The number of hydrogen-bond acceptors (Lipinski definition) is 5. The molecule has 1 atom stereocenters. The number of allylic oxidation sites excluding steroid dienone is 2. The van der Waals surface area contributed by atoms with E-state index in [4.69, 9.17) is 4.74 Å². The van der Waals surface area contributed by atoms with Gasteiger partial charge in [0.1, 0.15) is 11.6 Å². The quantitative estimate of drug-likeness (QED) is 0.448. The maximum Gasteiger partial charge on any atom is 0.416 e. The van der Waals surface area contributed by atoms with Gasteiger partial charge in [0.2, 0.25) is 11.8 Å². The number of nitrogens with zero attached hydrogens (tertiary/aromatic N) is 2. The summed E-state index contributed by atoms with van der Waals surface area (Å²) in [6, 6.07) is 11.9. The third-order valence-electron chi connectivity index (χ3n) is 5.52. The molecule has 0 saturated carbocycles. The SMILES string of the molecule is CNc1cc(-c2cccnc2OC2=CC(C(=O)Nc3cccc(C(F)(F)F)c3)CC=C2C)ccn1. The zero-order chi connectivity index (χ0) is 25.0. The summed E-state index contributed by atoms with van der Waals surface area (Å²) < 4.78 is 45.1. The summed E-state index contributed by atoms with van der Waals surface area (Å²) in [7, 11) is 1.78. The average Bonchev–Trinajstić information content (AvgIpc) is 2.85. The molecule has 0 radical (unpaired) electrons. The summed E-state index contributed by atoms with van der Waals surface area (Å²) in [4.78, 5) is 21.4. The van der Waals surface area contributed by atoms with Crippen molar-refractivity contribution in [1.29, 1.82) is 0 Å². The molecule has 3 aromatic rings. The number of nitrogens with one attached hydrogen (secondary N) is 2. The number of benzene rings is 1. The van der Waals surface area contributed by atoms with Crippen LogP contribution < -0.4 is 15.4 Å². The monoisotopic (exact) mass is 480 g/mol. The molecule has 1 unspecified atom stereocenters. The number of anilines is 2. The van der Waals surface area contributed by atoms with Gasteiger partial charge in [-0.2, -0.15) is 13.2 Å². The predicted octanol–water partition coefficient (Wildman–Crippen LogP) is 6.07. The zero-order valence-corrected chi connectivity index (χ0v) is 19.1. The fraction of sp³-hybridized carbons (Fsp3) is 0.192. The van der Waals surface area contributed by atoms with Crippen molar-refractivity contribution in [3.8, 4) is 17.0 Å². The van der Waals surface area contributed by atoms with E-state index in [0.717, 1.165) is 28.8 Å². The van der Waals surface area contributed by atoms with Gasteiger partial charge in [0.15, 0.2) is 0 Å². The molecular formula is C26H23F3N4O2. The fourth-order valence-corrected chi connectivity index (χ4v) is 3.62. The van der Waals surface area contributed by atoms with E-state index in [1.807, 2.05) is 31.2 Å². The van der Waals surface area contributed by atoms with Crippen LogP contribution in [0.15, 0.2) is 84.4 Å². The van der Waals surface area contributed by atoms with E-state index >= 15 is 0 Å². The topological polar surface area (TPSA) is 76.1 Å². The highest BCUT2D eigenvalue weighted by Crippen LogP contribution is 2.34. The van der Waals surface area contributed by atoms with Crippen LogP contribution in [0.5, 0.6) is 5.88 Å². The Labute approximate surface area is 200 Å². The molecule has 9 heteroatoms. The first-order chi connectivity index (χ1) is 16.7. The van der Waals surface area contributed by atoms with Gasteiger partial charge >= 0.3 is 6.18 Å². The van der Waals surface area contributed by atoms with Crippen molar-refractivity contribution in [2.75, 3.05) is 17.7 Å². The van der Waals surface area contributed by atoms with Gasteiger partial charge in [0, 0.05) is 30.7 Å². The van der Waals surface area contributed by atoms with Gasteiger partial charge in [-0.3, -0.25) is 4.79 Å². The lowest BCUT2D eigenvalue weighted by atomic mass is 9.95. The first-order valence-corrected chi connectivity index (χ1v) is 10.9. The smallest absolute Gasteiger partial charge is 0.416 e. The second-order valence-corrected chi connectivity index (χ2v) is 7.97. The van der Waals surface area contributed by atoms with Crippen LogP contribution in [-0.4, -0.2) is 22.9 Å². The van der Waals surface area contributed by atoms with Crippen LogP contribution in [0.1, 0.15) is 18.9 Å². The van der Waals surface area contributed by atoms with Crippen molar-refractivity contribution < 1.29 is 22.7 Å². The highest BCUT2D eigenvalue weighted by atomic mass is 19.4. The van der Waals surface area contributed by atoms with Crippen LogP contribution in [0.4, 0.5) is 24.7 Å². The molecule has 0 aliphatic heterocycles. The molecule has 0 fully saturated rings. The van der Waals surface area contributed by atoms with Crippen LogP contribution in [0, 0.1) is 5.92 Å². The van der Waals surface area contributed by atoms with Crippen LogP contribution in [0.3, 0.4) is 0 Å². The Morgan fingerprint density at radius 3 is 2.69 bits per heavy atom. The average molecular weight is 480 g/mol. The lowest BCUT2D eigenvalue weighted by Crippen LogP contribution is -2.24. The minimum Gasteiger partial charge on any atom is -0.438 e. The molecule has 0 spiro atoms. The number of pyridine rings is 2. The van der Waals surface area contributed by atoms with Crippen molar-refractivity contribution in [1.82, 2.24) is 9.97 Å². The third-order valence-corrected chi connectivity index (χ3v) is 5.52. The molecule has 6 nitrogen and oxygen atoms in total. The second-order valence-electron chi connectivity index (χ2n) is 7.97. The van der Waals surface area contributed by atoms with Gasteiger partial charge in [-0.05, 0) is 73.0 Å². The highest BCUT2D eigenvalue weighted by molar-refractivity contribution is 5.94. The molecule has 2 heterocycles. The summed E-state index contributed by atoms with van der Waals surface area (Å²) in [6.45, 7) is 1.86. The van der Waals surface area contributed by atoms with Crippen LogP contribution in [0.2, 0.25) is 0 Å². The van der Waals surface area contributed by atoms with Crippen molar-refractivity contribution >= 4 is 17.4 Å². The first kappa shape index (κ1) is 24.0. The number of aromatic nitrogens is 2. The molecule has 2 aromatic heterocycles. The van der Waals surface area contributed by atoms with E-state index in [0.29, 0.717) is 23.9 Å². The molecule has 180 valence electrons. The number of amides is 1. The number of carbonyl (C=O) groups is 1. The van der Waals surface area contributed by atoms with E-state index in [9.17, 15) is 18.0 Å². The first-order valence-electron chi connectivity index (χ1n) is 10.9. The number of rotatable bonds is 6. The number of carbonyl (C=O) groups excluding carboxylic acids is 1. The molecule has 0 bridgehead atoms. The molecule has 1 aliphatic rings. The Hall–Kier alpha value is -4.14. The molecule has 1 aromatic carbocycles. The Bertz CT molecular complexity index is 1300. The minimum absolute atomic E-state index is 0.0806. The molecular weight excluding hydrogens is 457 g/mol. The molecule has 4 rings (SSSR count). The molecule has 0 saturated heterocycles. The summed E-state index contributed by atoms with van der Waals surface area (Å²) in [5.74, 6) is 0.467. The van der Waals surface area contributed by atoms with Gasteiger partial charge in [0.05, 0.1) is 11.5 Å². The van der Waals surface area contributed by atoms with E-state index in [-0.39, 0.29) is 5.69 Å². The molecule has 2 N–H and O–H groups in total. The molecule has 35 heavy (non-hydrogen) atoms. The Balaban J connectivity index is 1.55. The van der Waals surface area contributed by atoms with Gasteiger partial charge in [-0.1, -0.05) is 12.1 Å². The van der Waals surface area contributed by atoms with Crippen molar-refractivity contribution in [3.63, 3.8) is 0 Å². The van der Waals surface area contributed by atoms with Crippen LogP contribution in [0.25, 0.3) is 11.1 Å². The Morgan fingerprint density at radius 2 is 1.91 bits per heavy atom. The summed E-state index contributed by atoms with van der Waals surface area (Å²) in [6.07, 6.45) is 2.72. The van der Waals surface area contributed by atoms with Gasteiger partial charge < -0.3 is 15.4 Å². The van der Waals surface area contributed by atoms with E-state index in [1.165, 1.54) is 12.1 Å². The van der Waals surface area contributed by atoms with Gasteiger partial charge in [-0.25, -0.2) is 9.97 Å². The van der Waals surface area contributed by atoms with Crippen molar-refractivity contribution in [2.24, 2.45) is 5.92 Å². The van der Waals surface area contributed by atoms with Gasteiger partial charge in [0.25, 0.3) is 0 Å². The lowest BCUT2D eigenvalue weighted by Gasteiger charge is -2.21. The summed E-state index contributed by atoms with van der Waals surface area (Å²) >= 11 is 0. The standard InChI is InChI=1S/C26H23F3N4O2/c1-16-8-9-18(24(34)33-20-6-3-5-19(15-20)26(27,28)29)13-22(16)35-25-21(7-4-11-32-25)17-10-12-31-23(14-17)30-2/h3-8,10-15,18H,9H2,1-2H3,(H,30,31)(H,33,34). The fourth-order valence-electron chi connectivity index (χ4n) is 3.62. The van der Waals surface area contributed by atoms with Crippen molar-refractivity contribution in [2.45, 2.75) is 19.5 Å². The maximum absolute atomic E-state index is 13.0. The van der Waals surface area contributed by atoms with Crippen molar-refractivity contribution in [3.05, 3.63) is 90.0 Å². The minimum atomic E-state index is -4.49. The summed E-state index contributed by atoms with van der Waals surface area (Å²) in [5.41, 5.74) is 1.68. The number of ether oxygens (including phenoxy) is 1. The largest absolute Gasteiger partial charge is 0.438 e. The van der Waals surface area contributed by atoms with E-state index < -0.39 is 23.6 Å². The normalized spacial score (nSPS) is 15.6. The van der Waals surface area contributed by atoms with E-state index in [1.54, 1.807) is 31.6 Å². The number of hydrogen-bond donors (Lipinski definition) is 2. The Kier molecular flexibility index (Phi) is 6.86.